The van der Waals surface area contributed by atoms with Crippen LogP contribution in [0.3, 0.4) is 0 Å². The van der Waals surface area contributed by atoms with Crippen molar-refractivity contribution in [1.29, 1.82) is 0 Å². The summed E-state index contributed by atoms with van der Waals surface area (Å²) in [7, 11) is 0. The van der Waals surface area contributed by atoms with Crippen LogP contribution in [0, 0.1) is 5.92 Å². The van der Waals surface area contributed by atoms with E-state index in [0.717, 1.165) is 30.4 Å². The summed E-state index contributed by atoms with van der Waals surface area (Å²) in [5, 5.41) is 9.77. The monoisotopic (exact) mass is 297 g/mol. The zero-order valence-electron chi connectivity index (χ0n) is 9.82. The third-order valence-electron chi connectivity index (χ3n) is 3.26. The van der Waals surface area contributed by atoms with Crippen LogP contribution in [0.4, 0.5) is 0 Å². The Hall–Kier alpha value is -1.03. The molecule has 1 aliphatic rings. The lowest BCUT2D eigenvalue weighted by molar-refractivity contribution is 0.0694. The summed E-state index contributed by atoms with van der Waals surface area (Å²) >= 11 is 3.26. The second kappa shape index (κ2) is 5.08. The van der Waals surface area contributed by atoms with E-state index in [9.17, 15) is 9.90 Å². The van der Waals surface area contributed by atoms with Crippen LogP contribution in [-0.2, 0) is 0 Å². The Kier molecular flexibility index (Phi) is 3.72. The van der Waals surface area contributed by atoms with Gasteiger partial charge in [0.2, 0.25) is 0 Å². The van der Waals surface area contributed by atoms with Crippen molar-refractivity contribution >= 4 is 21.8 Å². The molecular formula is C13H16BrNO2. The molecule has 0 unspecified atom stereocenters. The number of halogens is 1. The highest BCUT2D eigenvalue weighted by Gasteiger charge is 2.23. The first-order valence-electron chi connectivity index (χ1n) is 5.85. The van der Waals surface area contributed by atoms with Gasteiger partial charge in [-0.1, -0.05) is 22.9 Å². The van der Waals surface area contributed by atoms with Crippen molar-refractivity contribution in [2.45, 2.75) is 19.8 Å². The molecule has 0 aromatic heterocycles. The molecule has 1 fully saturated rings. The minimum Gasteiger partial charge on any atom is -0.507 e. The number of piperidine rings is 1. The first kappa shape index (κ1) is 12.4. The second-order valence-electron chi connectivity index (χ2n) is 4.64. The van der Waals surface area contributed by atoms with E-state index in [2.05, 4.69) is 22.9 Å². The van der Waals surface area contributed by atoms with E-state index >= 15 is 0 Å². The molecule has 1 aromatic carbocycles. The van der Waals surface area contributed by atoms with Crippen LogP contribution in [0.25, 0.3) is 0 Å². The molecule has 0 bridgehead atoms. The predicted molar refractivity (Wildman–Crippen MR) is 70.1 cm³/mol. The van der Waals surface area contributed by atoms with Gasteiger partial charge in [0.25, 0.3) is 5.91 Å². The SMILES string of the molecule is CC1CCN(C(=O)c2ccc(Br)cc2O)CC1. The molecule has 0 radical (unpaired) electrons. The summed E-state index contributed by atoms with van der Waals surface area (Å²) in [5.74, 6) is 0.669. The molecule has 1 amide bonds. The molecule has 1 saturated heterocycles. The first-order chi connectivity index (χ1) is 8.08. The van der Waals surface area contributed by atoms with Crippen LogP contribution in [0.2, 0.25) is 0 Å². The van der Waals surface area contributed by atoms with Crippen molar-refractivity contribution in [2.24, 2.45) is 5.92 Å². The van der Waals surface area contributed by atoms with Gasteiger partial charge < -0.3 is 10.0 Å². The van der Waals surface area contributed by atoms with Gasteiger partial charge in [-0.2, -0.15) is 0 Å². The number of benzene rings is 1. The van der Waals surface area contributed by atoms with Gasteiger partial charge in [-0.3, -0.25) is 4.79 Å². The molecule has 0 spiro atoms. The molecule has 0 atom stereocenters. The highest BCUT2D eigenvalue weighted by Crippen LogP contribution is 2.25. The lowest BCUT2D eigenvalue weighted by Gasteiger charge is -2.30. The maximum atomic E-state index is 12.2. The van der Waals surface area contributed by atoms with Crippen molar-refractivity contribution in [3.63, 3.8) is 0 Å². The Morgan fingerprint density at radius 1 is 1.41 bits per heavy atom. The number of hydrogen-bond acceptors (Lipinski definition) is 2. The van der Waals surface area contributed by atoms with Crippen LogP contribution in [-0.4, -0.2) is 29.0 Å². The number of amides is 1. The zero-order chi connectivity index (χ0) is 12.4. The van der Waals surface area contributed by atoms with Crippen molar-refractivity contribution in [1.82, 2.24) is 4.90 Å². The third-order valence-corrected chi connectivity index (χ3v) is 3.75. The van der Waals surface area contributed by atoms with Gasteiger partial charge in [-0.25, -0.2) is 0 Å². The molecule has 17 heavy (non-hydrogen) atoms. The summed E-state index contributed by atoms with van der Waals surface area (Å²) in [5.41, 5.74) is 0.391. The van der Waals surface area contributed by atoms with Gasteiger partial charge in [0.15, 0.2) is 0 Å². The van der Waals surface area contributed by atoms with Crippen molar-refractivity contribution in [3.8, 4) is 5.75 Å². The average molecular weight is 298 g/mol. The van der Waals surface area contributed by atoms with E-state index < -0.39 is 0 Å². The Labute approximate surface area is 110 Å². The fourth-order valence-electron chi connectivity index (χ4n) is 2.07. The average Bonchev–Trinajstić information content (AvgIpc) is 2.29. The summed E-state index contributed by atoms with van der Waals surface area (Å²) in [6.07, 6.45) is 2.09. The smallest absolute Gasteiger partial charge is 0.257 e. The minimum atomic E-state index is -0.0677. The highest BCUT2D eigenvalue weighted by molar-refractivity contribution is 9.10. The van der Waals surface area contributed by atoms with Gasteiger partial charge in [-0.05, 0) is 37.0 Å². The van der Waals surface area contributed by atoms with Crippen LogP contribution < -0.4 is 0 Å². The number of carbonyl (C=O) groups excluding carboxylic acids is 1. The standard InChI is InChI=1S/C13H16BrNO2/c1-9-4-6-15(7-5-9)13(17)11-3-2-10(14)8-12(11)16/h2-3,8-9,16H,4-7H2,1H3. The lowest BCUT2D eigenvalue weighted by Crippen LogP contribution is -2.37. The van der Waals surface area contributed by atoms with Gasteiger partial charge in [0.1, 0.15) is 5.75 Å². The van der Waals surface area contributed by atoms with Crippen LogP contribution >= 0.6 is 15.9 Å². The Morgan fingerprint density at radius 2 is 2.06 bits per heavy atom. The molecule has 0 saturated carbocycles. The largest absolute Gasteiger partial charge is 0.507 e. The summed E-state index contributed by atoms with van der Waals surface area (Å²) in [6.45, 7) is 3.78. The van der Waals surface area contributed by atoms with Gasteiger partial charge in [0.05, 0.1) is 5.56 Å². The van der Waals surface area contributed by atoms with Crippen molar-refractivity contribution in [2.75, 3.05) is 13.1 Å². The van der Waals surface area contributed by atoms with Crippen LogP contribution in [0.5, 0.6) is 5.75 Å². The van der Waals surface area contributed by atoms with Crippen LogP contribution in [0.15, 0.2) is 22.7 Å². The number of rotatable bonds is 1. The highest BCUT2D eigenvalue weighted by atomic mass is 79.9. The molecule has 3 nitrogen and oxygen atoms in total. The van der Waals surface area contributed by atoms with E-state index in [-0.39, 0.29) is 11.7 Å². The second-order valence-corrected chi connectivity index (χ2v) is 5.55. The number of hydrogen-bond donors (Lipinski definition) is 1. The van der Waals surface area contributed by atoms with E-state index in [4.69, 9.17) is 0 Å². The molecule has 1 aromatic rings. The topological polar surface area (TPSA) is 40.5 Å². The van der Waals surface area contributed by atoms with Gasteiger partial charge in [0, 0.05) is 17.6 Å². The normalized spacial score (nSPS) is 17.2. The molecule has 2 rings (SSSR count). The van der Waals surface area contributed by atoms with Gasteiger partial charge >= 0.3 is 0 Å². The number of aromatic hydroxyl groups is 1. The van der Waals surface area contributed by atoms with Crippen LogP contribution in [0.1, 0.15) is 30.1 Å². The number of phenols is 1. The van der Waals surface area contributed by atoms with E-state index in [1.54, 1.807) is 18.2 Å². The number of nitrogens with zero attached hydrogens (tertiary/aromatic N) is 1. The minimum absolute atomic E-state index is 0.0444. The number of phenolic OH excluding ortho intramolecular Hbond substituents is 1. The molecular weight excluding hydrogens is 282 g/mol. The number of likely N-dealkylation sites (tertiary alicyclic amines) is 1. The Balaban J connectivity index is 2.14. The quantitative estimate of drug-likeness (QED) is 0.865. The maximum Gasteiger partial charge on any atom is 0.257 e. The molecule has 92 valence electrons. The zero-order valence-corrected chi connectivity index (χ0v) is 11.4. The molecule has 1 N–H and O–H groups in total. The maximum absolute atomic E-state index is 12.2. The Morgan fingerprint density at radius 3 is 2.65 bits per heavy atom. The van der Waals surface area contributed by atoms with Crippen molar-refractivity contribution in [3.05, 3.63) is 28.2 Å². The summed E-state index contributed by atoms with van der Waals surface area (Å²) in [4.78, 5) is 14.0. The summed E-state index contributed by atoms with van der Waals surface area (Å²) in [6, 6.07) is 5.00. The van der Waals surface area contributed by atoms with Gasteiger partial charge in [-0.15, -0.1) is 0 Å². The predicted octanol–water partition coefficient (Wildman–Crippen LogP) is 3.03. The van der Waals surface area contributed by atoms with E-state index in [1.807, 2.05) is 4.90 Å². The molecule has 1 aliphatic heterocycles. The van der Waals surface area contributed by atoms with E-state index in [0.29, 0.717) is 11.5 Å². The number of carbonyl (C=O) groups is 1. The Bertz CT molecular complexity index is 425. The fourth-order valence-corrected chi connectivity index (χ4v) is 2.42. The lowest BCUT2D eigenvalue weighted by atomic mass is 9.98. The van der Waals surface area contributed by atoms with E-state index in [1.165, 1.54) is 0 Å². The molecule has 4 heteroatoms. The first-order valence-corrected chi connectivity index (χ1v) is 6.65. The summed E-state index contributed by atoms with van der Waals surface area (Å²) < 4.78 is 0.777. The molecule has 1 heterocycles. The molecule has 0 aliphatic carbocycles. The van der Waals surface area contributed by atoms with Crippen molar-refractivity contribution < 1.29 is 9.90 Å². The fraction of sp³-hybridized carbons (Fsp3) is 0.462. The third kappa shape index (κ3) is 2.80.